The van der Waals surface area contributed by atoms with E-state index >= 15 is 0 Å². The van der Waals surface area contributed by atoms with Gasteiger partial charge in [-0.15, -0.1) is 0 Å². The Balaban J connectivity index is 1.44. The van der Waals surface area contributed by atoms with Gasteiger partial charge in [-0.1, -0.05) is 66.2 Å². The van der Waals surface area contributed by atoms with Gasteiger partial charge in [0.05, 0.1) is 23.7 Å². The molecule has 1 heterocycles. The first kappa shape index (κ1) is 26.0. The molecule has 0 radical (unpaired) electrons. The van der Waals surface area contributed by atoms with E-state index in [9.17, 15) is 13.2 Å². The average Bonchev–Trinajstić information content (AvgIpc) is 2.87. The fourth-order valence-corrected chi connectivity index (χ4v) is 5.06. The second-order valence-corrected chi connectivity index (χ2v) is 11.1. The number of piperazine rings is 1. The van der Waals surface area contributed by atoms with Crippen molar-refractivity contribution in [3.05, 3.63) is 95.0 Å². The minimum Gasteiger partial charge on any atom is -0.366 e. The van der Waals surface area contributed by atoms with Crippen LogP contribution in [0.2, 0.25) is 5.02 Å². The molecule has 1 fully saturated rings. The molecule has 1 unspecified atom stereocenters. The van der Waals surface area contributed by atoms with Crippen molar-refractivity contribution in [2.24, 2.45) is 0 Å². The van der Waals surface area contributed by atoms with E-state index in [-0.39, 0.29) is 11.9 Å². The first-order chi connectivity index (χ1) is 17.3. The third-order valence-corrected chi connectivity index (χ3v) is 7.02. The highest BCUT2D eigenvalue weighted by Crippen LogP contribution is 2.27. The van der Waals surface area contributed by atoms with E-state index in [0.29, 0.717) is 49.9 Å². The van der Waals surface area contributed by atoms with Crippen molar-refractivity contribution >= 4 is 38.9 Å². The number of nitrogens with zero attached hydrogens (tertiary/aromatic N) is 2. The number of nitrogens with one attached hydrogen (secondary N) is 2. The molecular formula is C27H31ClN4O3S. The Morgan fingerprint density at radius 2 is 1.53 bits per heavy atom. The predicted octanol–water partition coefficient (Wildman–Crippen LogP) is 3.76. The fraction of sp³-hybridized carbons (Fsp3) is 0.296. The molecule has 1 aliphatic rings. The summed E-state index contributed by atoms with van der Waals surface area (Å²) >= 11 is 6.05. The molecule has 3 aromatic carbocycles. The third-order valence-electron chi connectivity index (χ3n) is 6.18. The second-order valence-electron chi connectivity index (χ2n) is 8.95. The highest BCUT2D eigenvalue weighted by atomic mass is 35.5. The van der Waals surface area contributed by atoms with Crippen molar-refractivity contribution in [2.75, 3.05) is 42.1 Å². The zero-order valence-electron chi connectivity index (χ0n) is 20.2. The maximum absolute atomic E-state index is 13.6. The lowest BCUT2D eigenvalue weighted by Crippen LogP contribution is -2.54. The Kier molecular flexibility index (Phi) is 8.51. The van der Waals surface area contributed by atoms with Crippen LogP contribution in [0.5, 0.6) is 0 Å². The molecule has 0 bridgehead atoms. The summed E-state index contributed by atoms with van der Waals surface area (Å²) in [6.07, 6.45) is 1.70. The number of rotatable bonds is 9. The van der Waals surface area contributed by atoms with Gasteiger partial charge in [-0.25, -0.2) is 8.42 Å². The first-order valence-corrected chi connectivity index (χ1v) is 14.2. The SMILES string of the molecule is CS(=O)(=O)Nc1ccccc1N1CCN(C(=O)C(Cc2ccc(Cl)cc2)NCc2ccccc2)CC1. The third kappa shape index (κ3) is 7.22. The molecule has 0 saturated carbocycles. The molecule has 1 aliphatic heterocycles. The number of para-hydroxylation sites is 2. The lowest BCUT2D eigenvalue weighted by molar-refractivity contribution is -0.133. The van der Waals surface area contributed by atoms with Crippen molar-refractivity contribution in [3.63, 3.8) is 0 Å². The summed E-state index contributed by atoms with van der Waals surface area (Å²) in [4.78, 5) is 17.6. The lowest BCUT2D eigenvalue weighted by atomic mass is 10.0. The number of benzene rings is 3. The van der Waals surface area contributed by atoms with Gasteiger partial charge in [0.25, 0.3) is 0 Å². The number of hydrogen-bond donors (Lipinski definition) is 2. The quantitative estimate of drug-likeness (QED) is 0.443. The molecule has 1 amide bonds. The highest BCUT2D eigenvalue weighted by Gasteiger charge is 2.28. The van der Waals surface area contributed by atoms with Crippen LogP contribution in [-0.2, 0) is 27.8 Å². The van der Waals surface area contributed by atoms with Crippen LogP contribution in [0.1, 0.15) is 11.1 Å². The maximum Gasteiger partial charge on any atom is 0.240 e. The summed E-state index contributed by atoms with van der Waals surface area (Å²) in [5, 5.41) is 4.13. The standard InChI is InChI=1S/C27H31ClN4O3S/c1-36(34,35)30-24-9-5-6-10-26(24)31-15-17-32(18-16-31)27(33)25(19-21-11-13-23(28)14-12-21)29-20-22-7-3-2-4-8-22/h2-14,25,29-30H,15-20H2,1H3. The fourth-order valence-electron chi connectivity index (χ4n) is 4.36. The van der Waals surface area contributed by atoms with Crippen LogP contribution in [0, 0.1) is 0 Å². The molecule has 1 atom stereocenters. The van der Waals surface area contributed by atoms with E-state index in [1.807, 2.05) is 71.6 Å². The molecular weight excluding hydrogens is 496 g/mol. The zero-order valence-corrected chi connectivity index (χ0v) is 21.8. The molecule has 36 heavy (non-hydrogen) atoms. The number of anilines is 2. The van der Waals surface area contributed by atoms with Crippen LogP contribution in [0.4, 0.5) is 11.4 Å². The number of hydrogen-bond acceptors (Lipinski definition) is 5. The predicted molar refractivity (Wildman–Crippen MR) is 146 cm³/mol. The Hall–Kier alpha value is -3.07. The van der Waals surface area contributed by atoms with Gasteiger partial charge >= 0.3 is 0 Å². The van der Waals surface area contributed by atoms with E-state index in [4.69, 9.17) is 11.6 Å². The highest BCUT2D eigenvalue weighted by molar-refractivity contribution is 7.92. The van der Waals surface area contributed by atoms with E-state index in [0.717, 1.165) is 23.1 Å². The van der Waals surface area contributed by atoms with E-state index in [1.165, 1.54) is 0 Å². The van der Waals surface area contributed by atoms with Crippen LogP contribution in [0.3, 0.4) is 0 Å². The average molecular weight is 527 g/mol. The number of amides is 1. The summed E-state index contributed by atoms with van der Waals surface area (Å²) in [7, 11) is -3.39. The molecule has 190 valence electrons. The van der Waals surface area contributed by atoms with Crippen LogP contribution < -0.4 is 14.9 Å². The zero-order chi connectivity index (χ0) is 25.5. The molecule has 2 N–H and O–H groups in total. The number of halogens is 1. The molecule has 1 saturated heterocycles. The van der Waals surface area contributed by atoms with Gasteiger partial charge in [-0.3, -0.25) is 9.52 Å². The van der Waals surface area contributed by atoms with E-state index in [1.54, 1.807) is 12.1 Å². The first-order valence-electron chi connectivity index (χ1n) is 11.9. The molecule has 9 heteroatoms. The monoisotopic (exact) mass is 526 g/mol. The van der Waals surface area contributed by atoms with Gasteiger partial charge in [0.1, 0.15) is 0 Å². The Bertz CT molecular complexity index is 1260. The molecule has 0 aliphatic carbocycles. The van der Waals surface area contributed by atoms with Gasteiger partial charge in [-0.2, -0.15) is 0 Å². The molecule has 0 spiro atoms. The second kappa shape index (κ2) is 11.8. The smallest absolute Gasteiger partial charge is 0.240 e. The molecule has 3 aromatic rings. The molecule has 7 nitrogen and oxygen atoms in total. The Morgan fingerprint density at radius 3 is 2.19 bits per heavy atom. The molecule has 0 aromatic heterocycles. The van der Waals surface area contributed by atoms with E-state index < -0.39 is 10.0 Å². The van der Waals surface area contributed by atoms with Gasteiger partial charge < -0.3 is 15.1 Å². The lowest BCUT2D eigenvalue weighted by Gasteiger charge is -2.38. The topological polar surface area (TPSA) is 81.8 Å². The largest absolute Gasteiger partial charge is 0.366 e. The van der Waals surface area contributed by atoms with Gasteiger partial charge in [-0.05, 0) is 41.8 Å². The number of sulfonamides is 1. The van der Waals surface area contributed by atoms with Gasteiger partial charge in [0, 0.05) is 37.7 Å². The Morgan fingerprint density at radius 1 is 0.889 bits per heavy atom. The van der Waals surface area contributed by atoms with Crippen molar-refractivity contribution in [1.82, 2.24) is 10.2 Å². The van der Waals surface area contributed by atoms with Crippen LogP contribution in [0.25, 0.3) is 0 Å². The molecule has 4 rings (SSSR count). The summed E-state index contributed by atoms with van der Waals surface area (Å²) in [6, 6.07) is 24.6. The minimum atomic E-state index is -3.39. The summed E-state index contributed by atoms with van der Waals surface area (Å²) in [5.41, 5.74) is 3.52. The van der Waals surface area contributed by atoms with Crippen molar-refractivity contribution in [2.45, 2.75) is 19.0 Å². The maximum atomic E-state index is 13.6. The van der Waals surface area contributed by atoms with Gasteiger partial charge in [0.2, 0.25) is 15.9 Å². The minimum absolute atomic E-state index is 0.0584. The Labute approximate surface area is 218 Å². The van der Waals surface area contributed by atoms with Crippen molar-refractivity contribution < 1.29 is 13.2 Å². The van der Waals surface area contributed by atoms with Crippen LogP contribution in [-0.4, -0.2) is 57.7 Å². The van der Waals surface area contributed by atoms with Crippen LogP contribution in [0.15, 0.2) is 78.9 Å². The van der Waals surface area contributed by atoms with E-state index in [2.05, 4.69) is 14.9 Å². The number of carbonyl (C=O) groups excluding carboxylic acids is 1. The number of carbonyl (C=O) groups is 1. The summed E-state index contributed by atoms with van der Waals surface area (Å²) in [6.45, 7) is 2.92. The van der Waals surface area contributed by atoms with Crippen molar-refractivity contribution in [3.8, 4) is 0 Å². The summed E-state index contributed by atoms with van der Waals surface area (Å²) < 4.78 is 26.2. The van der Waals surface area contributed by atoms with Crippen LogP contribution >= 0.6 is 11.6 Å². The van der Waals surface area contributed by atoms with Crippen molar-refractivity contribution in [1.29, 1.82) is 0 Å². The summed E-state index contributed by atoms with van der Waals surface area (Å²) in [5.74, 6) is 0.0584. The normalized spacial score (nSPS) is 14.9. The van der Waals surface area contributed by atoms with Gasteiger partial charge in [0.15, 0.2) is 0 Å².